The van der Waals surface area contributed by atoms with Gasteiger partial charge in [-0.3, -0.25) is 9.59 Å². The maximum Gasteiger partial charge on any atom is 0.343 e. The third-order valence-electron chi connectivity index (χ3n) is 4.98. The summed E-state index contributed by atoms with van der Waals surface area (Å²) in [6.07, 6.45) is 0. The van der Waals surface area contributed by atoms with Gasteiger partial charge in [0.25, 0.3) is 0 Å². The molecule has 0 saturated heterocycles. The molecule has 3 rings (SSSR count). The number of hydrogen-bond donors (Lipinski definition) is 2. The van der Waals surface area contributed by atoms with E-state index < -0.39 is 17.8 Å². The van der Waals surface area contributed by atoms with Crippen molar-refractivity contribution in [3.63, 3.8) is 0 Å². The third kappa shape index (κ3) is 6.61. The molecule has 3 aromatic carbocycles. The second kappa shape index (κ2) is 11.9. The van der Waals surface area contributed by atoms with Crippen LogP contribution >= 0.6 is 11.6 Å². The molecular formula is C26H24ClN3O6. The van der Waals surface area contributed by atoms with Crippen LogP contribution in [0, 0.1) is 6.92 Å². The highest BCUT2D eigenvalue weighted by molar-refractivity contribution is 6.40. The minimum absolute atomic E-state index is 0.222. The van der Waals surface area contributed by atoms with Crippen molar-refractivity contribution in [3.05, 3.63) is 82.4 Å². The van der Waals surface area contributed by atoms with Gasteiger partial charge >= 0.3 is 17.8 Å². The summed E-state index contributed by atoms with van der Waals surface area (Å²) in [4.78, 5) is 37.0. The van der Waals surface area contributed by atoms with Gasteiger partial charge in [0.15, 0.2) is 11.5 Å². The molecule has 0 heterocycles. The molecule has 2 amide bonds. The van der Waals surface area contributed by atoms with E-state index >= 15 is 0 Å². The van der Waals surface area contributed by atoms with E-state index in [2.05, 4.69) is 15.8 Å². The number of carbonyl (C=O) groups excluding carboxylic acids is 3. The SMILES string of the molecule is COc1ccc(Cl)cc1NC(=O)C(=O)N/N=C(\C)c1ccc(OC(=O)c2cccc(C)c2)c(OC)c1. The minimum atomic E-state index is -0.993. The molecule has 36 heavy (non-hydrogen) atoms. The molecule has 9 nitrogen and oxygen atoms in total. The molecule has 0 fully saturated rings. The van der Waals surface area contributed by atoms with Crippen LogP contribution in [-0.2, 0) is 9.59 Å². The van der Waals surface area contributed by atoms with E-state index in [1.165, 1.54) is 20.3 Å². The standard InChI is InChI=1S/C26H24ClN3O6/c1-15-6-5-7-18(12-15)26(33)36-22-10-8-17(13-23(22)35-4)16(2)29-30-25(32)24(31)28-20-14-19(27)9-11-21(20)34-3/h5-14H,1-4H3,(H,28,31)(H,30,32)/b29-16+. The smallest absolute Gasteiger partial charge is 0.343 e. The van der Waals surface area contributed by atoms with Gasteiger partial charge in [0.05, 0.1) is 31.2 Å². The van der Waals surface area contributed by atoms with Crippen molar-refractivity contribution in [2.24, 2.45) is 5.10 Å². The highest BCUT2D eigenvalue weighted by atomic mass is 35.5. The molecule has 3 aromatic rings. The van der Waals surface area contributed by atoms with Crippen LogP contribution in [-0.4, -0.2) is 37.7 Å². The summed E-state index contributed by atoms with van der Waals surface area (Å²) < 4.78 is 16.0. The number of benzene rings is 3. The first-order valence-corrected chi connectivity index (χ1v) is 11.1. The van der Waals surface area contributed by atoms with E-state index in [9.17, 15) is 14.4 Å². The average Bonchev–Trinajstić information content (AvgIpc) is 2.87. The highest BCUT2D eigenvalue weighted by Crippen LogP contribution is 2.29. The molecule has 0 aliphatic carbocycles. The molecule has 0 radical (unpaired) electrons. The largest absolute Gasteiger partial charge is 0.495 e. The molecule has 0 bridgehead atoms. The molecule has 10 heteroatoms. The van der Waals surface area contributed by atoms with Gasteiger partial charge in [-0.25, -0.2) is 10.2 Å². The van der Waals surface area contributed by atoms with Crippen LogP contribution in [0.2, 0.25) is 5.02 Å². The van der Waals surface area contributed by atoms with Gasteiger partial charge < -0.3 is 19.5 Å². The van der Waals surface area contributed by atoms with E-state index in [4.69, 9.17) is 25.8 Å². The highest BCUT2D eigenvalue weighted by Gasteiger charge is 2.17. The van der Waals surface area contributed by atoms with E-state index in [-0.39, 0.29) is 11.4 Å². The van der Waals surface area contributed by atoms with Crippen LogP contribution in [0.3, 0.4) is 0 Å². The van der Waals surface area contributed by atoms with Gasteiger partial charge in [-0.2, -0.15) is 5.10 Å². The lowest BCUT2D eigenvalue weighted by Crippen LogP contribution is -2.33. The number of carbonyl (C=O) groups is 3. The minimum Gasteiger partial charge on any atom is -0.495 e. The Morgan fingerprint density at radius 1 is 0.833 bits per heavy atom. The quantitative estimate of drug-likeness (QED) is 0.161. The Hall–Kier alpha value is -4.37. The lowest BCUT2D eigenvalue weighted by atomic mass is 10.1. The number of methoxy groups -OCH3 is 2. The fourth-order valence-electron chi connectivity index (χ4n) is 3.11. The number of halogens is 1. The molecule has 0 aromatic heterocycles. The zero-order valence-electron chi connectivity index (χ0n) is 20.0. The number of nitrogens with one attached hydrogen (secondary N) is 2. The van der Waals surface area contributed by atoms with E-state index in [1.807, 2.05) is 13.0 Å². The number of esters is 1. The second-order valence-electron chi connectivity index (χ2n) is 7.56. The van der Waals surface area contributed by atoms with Gasteiger partial charge in [-0.1, -0.05) is 29.3 Å². The van der Waals surface area contributed by atoms with Crippen molar-refractivity contribution in [2.75, 3.05) is 19.5 Å². The number of rotatable bonds is 7. The number of nitrogens with zero attached hydrogens (tertiary/aromatic N) is 1. The predicted octanol–water partition coefficient (Wildman–Crippen LogP) is 4.36. The topological polar surface area (TPSA) is 115 Å². The average molecular weight is 510 g/mol. The van der Waals surface area contributed by atoms with Crippen LogP contribution in [0.5, 0.6) is 17.2 Å². The summed E-state index contributed by atoms with van der Waals surface area (Å²) in [5.41, 5.74) is 4.74. The molecule has 0 aliphatic heterocycles. The van der Waals surface area contributed by atoms with Crippen LogP contribution in [0.15, 0.2) is 65.8 Å². The fraction of sp³-hybridized carbons (Fsp3) is 0.154. The number of amides is 2. The third-order valence-corrected chi connectivity index (χ3v) is 5.21. The first kappa shape index (κ1) is 26.2. The lowest BCUT2D eigenvalue weighted by Gasteiger charge is -2.12. The van der Waals surface area contributed by atoms with Gasteiger partial charge in [-0.15, -0.1) is 0 Å². The molecule has 0 spiro atoms. The first-order valence-electron chi connectivity index (χ1n) is 10.7. The second-order valence-corrected chi connectivity index (χ2v) is 8.00. The molecule has 186 valence electrons. The van der Waals surface area contributed by atoms with Gasteiger partial charge in [-0.05, 0) is 62.4 Å². The van der Waals surface area contributed by atoms with E-state index in [0.717, 1.165) is 5.56 Å². The number of hydrazone groups is 1. The van der Waals surface area contributed by atoms with Crippen LogP contribution in [0.4, 0.5) is 5.69 Å². The summed E-state index contributed by atoms with van der Waals surface area (Å²) in [5, 5.41) is 6.77. The van der Waals surface area contributed by atoms with Crippen molar-refractivity contribution in [1.82, 2.24) is 5.43 Å². The Labute approximate surface area is 213 Å². The van der Waals surface area contributed by atoms with Crippen molar-refractivity contribution >= 4 is 40.8 Å². The number of anilines is 1. The summed E-state index contributed by atoms with van der Waals surface area (Å²) in [6, 6.07) is 16.4. The molecule has 2 N–H and O–H groups in total. The zero-order valence-corrected chi connectivity index (χ0v) is 20.8. The Balaban J connectivity index is 1.68. The fourth-order valence-corrected chi connectivity index (χ4v) is 3.29. The monoisotopic (exact) mass is 509 g/mol. The predicted molar refractivity (Wildman–Crippen MR) is 136 cm³/mol. The summed E-state index contributed by atoms with van der Waals surface area (Å²) in [7, 11) is 2.86. The Kier molecular flexibility index (Phi) is 8.64. The number of ether oxygens (including phenoxy) is 3. The molecular weight excluding hydrogens is 486 g/mol. The molecule has 0 unspecified atom stereocenters. The van der Waals surface area contributed by atoms with Crippen molar-refractivity contribution < 1.29 is 28.6 Å². The Morgan fingerprint density at radius 2 is 1.56 bits per heavy atom. The van der Waals surface area contributed by atoms with E-state index in [0.29, 0.717) is 33.4 Å². The molecule has 0 saturated carbocycles. The van der Waals surface area contributed by atoms with Crippen molar-refractivity contribution in [2.45, 2.75) is 13.8 Å². The summed E-state index contributed by atoms with van der Waals surface area (Å²) >= 11 is 5.94. The summed E-state index contributed by atoms with van der Waals surface area (Å²) in [5.74, 6) is -1.62. The maximum atomic E-state index is 12.5. The van der Waals surface area contributed by atoms with Crippen molar-refractivity contribution in [1.29, 1.82) is 0 Å². The Morgan fingerprint density at radius 3 is 2.25 bits per heavy atom. The normalized spacial score (nSPS) is 10.9. The zero-order chi connectivity index (χ0) is 26.2. The van der Waals surface area contributed by atoms with Gasteiger partial charge in [0.2, 0.25) is 0 Å². The van der Waals surface area contributed by atoms with Gasteiger partial charge in [0.1, 0.15) is 5.75 Å². The lowest BCUT2D eigenvalue weighted by molar-refractivity contribution is -0.136. The number of hydrogen-bond acceptors (Lipinski definition) is 7. The van der Waals surface area contributed by atoms with Crippen molar-refractivity contribution in [3.8, 4) is 17.2 Å². The van der Waals surface area contributed by atoms with Crippen LogP contribution in [0.1, 0.15) is 28.4 Å². The Bertz CT molecular complexity index is 1340. The van der Waals surface area contributed by atoms with E-state index in [1.54, 1.807) is 55.5 Å². The van der Waals surface area contributed by atoms with Crippen LogP contribution in [0.25, 0.3) is 0 Å². The number of aryl methyl sites for hydroxylation is 1. The molecule has 0 aliphatic rings. The van der Waals surface area contributed by atoms with Crippen LogP contribution < -0.4 is 25.0 Å². The first-order chi connectivity index (χ1) is 17.2. The maximum absolute atomic E-state index is 12.5. The summed E-state index contributed by atoms with van der Waals surface area (Å²) in [6.45, 7) is 3.51. The van der Waals surface area contributed by atoms with Gasteiger partial charge in [0, 0.05) is 10.6 Å². The molecule has 0 atom stereocenters.